The van der Waals surface area contributed by atoms with Gasteiger partial charge in [-0.05, 0) is 18.1 Å². The summed E-state index contributed by atoms with van der Waals surface area (Å²) in [6.07, 6.45) is 2.42. The van der Waals surface area contributed by atoms with Gasteiger partial charge >= 0.3 is 0 Å². The molecule has 0 unspecified atom stereocenters. The van der Waals surface area contributed by atoms with E-state index < -0.39 is 0 Å². The van der Waals surface area contributed by atoms with Crippen LogP contribution in [0, 0.1) is 0 Å². The summed E-state index contributed by atoms with van der Waals surface area (Å²) >= 11 is 6.40. The van der Waals surface area contributed by atoms with Crippen LogP contribution in [0.5, 0.6) is 11.5 Å². The van der Waals surface area contributed by atoms with Gasteiger partial charge in [-0.15, -0.1) is 0 Å². The van der Waals surface area contributed by atoms with E-state index in [1.165, 1.54) is 12.8 Å². The third-order valence-corrected chi connectivity index (χ3v) is 4.05. The molecule has 0 saturated carbocycles. The molecule has 0 bridgehead atoms. The van der Waals surface area contributed by atoms with Gasteiger partial charge in [-0.1, -0.05) is 55.3 Å². The summed E-state index contributed by atoms with van der Waals surface area (Å²) in [5, 5.41) is 3.00. The highest BCUT2D eigenvalue weighted by Crippen LogP contribution is 2.33. The number of nitrogens with two attached hydrogens (primary N) is 1. The summed E-state index contributed by atoms with van der Waals surface area (Å²) in [4.78, 5) is 0. The van der Waals surface area contributed by atoms with Crippen LogP contribution >= 0.6 is 11.6 Å². The maximum atomic E-state index is 6.40. The van der Waals surface area contributed by atoms with Crippen molar-refractivity contribution in [1.29, 1.82) is 0 Å². The molecule has 0 saturated heterocycles. The summed E-state index contributed by atoms with van der Waals surface area (Å²) in [5.74, 6) is 1.41. The van der Waals surface area contributed by atoms with Crippen LogP contribution in [0.2, 0.25) is 5.02 Å². The van der Waals surface area contributed by atoms with Crippen molar-refractivity contribution in [3.63, 3.8) is 0 Å². The molecule has 0 aliphatic carbocycles. The topological polar surface area (TPSA) is 35.1 Å². The van der Waals surface area contributed by atoms with Gasteiger partial charge < -0.3 is 14.8 Å². The molecule has 0 atom stereocenters. The Hall–Kier alpha value is -1.71. The zero-order valence-electron chi connectivity index (χ0n) is 13.8. The molecule has 2 N–H and O–H groups in total. The second kappa shape index (κ2) is 9.43. The zero-order chi connectivity index (χ0) is 16.5. The number of halogens is 1. The average Bonchev–Trinajstić information content (AvgIpc) is 2.59. The summed E-state index contributed by atoms with van der Waals surface area (Å²) in [6, 6.07) is 13.9. The Balaban J connectivity index is 2.03. The van der Waals surface area contributed by atoms with E-state index in [4.69, 9.17) is 21.1 Å². The highest BCUT2D eigenvalue weighted by Gasteiger charge is 2.12. The Morgan fingerprint density at radius 3 is 2.57 bits per heavy atom. The first-order chi connectivity index (χ1) is 11.2. The number of unbranched alkanes of at least 4 members (excludes halogenated alkanes) is 1. The first-order valence-electron chi connectivity index (χ1n) is 8.09. The van der Waals surface area contributed by atoms with E-state index in [9.17, 15) is 0 Å². The molecular formula is C19H25ClNO2+. The molecule has 0 radical (unpaired) electrons. The zero-order valence-corrected chi connectivity index (χ0v) is 14.6. The van der Waals surface area contributed by atoms with Crippen LogP contribution in [0.25, 0.3) is 0 Å². The first kappa shape index (κ1) is 17.6. The fourth-order valence-electron chi connectivity index (χ4n) is 2.35. The Morgan fingerprint density at radius 1 is 1.09 bits per heavy atom. The molecule has 2 aromatic carbocycles. The van der Waals surface area contributed by atoms with Gasteiger partial charge in [0.2, 0.25) is 0 Å². The average molecular weight is 335 g/mol. The minimum atomic E-state index is 0.496. The van der Waals surface area contributed by atoms with Crippen molar-refractivity contribution in [3.05, 3.63) is 58.6 Å². The Labute approximate surface area is 143 Å². The molecule has 2 aromatic rings. The number of rotatable bonds is 9. The van der Waals surface area contributed by atoms with E-state index in [0.717, 1.165) is 35.0 Å². The van der Waals surface area contributed by atoms with Crippen LogP contribution in [-0.2, 0) is 13.2 Å². The molecule has 0 spiro atoms. The molecule has 0 heterocycles. The second-order valence-corrected chi connectivity index (χ2v) is 5.91. The van der Waals surface area contributed by atoms with Crippen LogP contribution in [0.3, 0.4) is 0 Å². The number of quaternary nitrogens is 1. The normalized spacial score (nSPS) is 10.6. The quantitative estimate of drug-likeness (QED) is 0.708. The van der Waals surface area contributed by atoms with Gasteiger partial charge in [0.15, 0.2) is 11.5 Å². The Bertz CT molecular complexity index is 602. The number of hydrogen-bond donors (Lipinski definition) is 1. The minimum absolute atomic E-state index is 0.496. The number of methoxy groups -OCH3 is 1. The van der Waals surface area contributed by atoms with E-state index in [2.05, 4.69) is 12.2 Å². The van der Waals surface area contributed by atoms with E-state index in [-0.39, 0.29) is 0 Å². The standard InChI is InChI=1S/C19H24ClNO2/c1-3-4-10-21-13-16-11-18(22-2)19(12-17(16)20)23-14-15-8-6-5-7-9-15/h5-9,11-12,21H,3-4,10,13-14H2,1-2H3/p+1. The highest BCUT2D eigenvalue weighted by atomic mass is 35.5. The molecule has 0 aliphatic rings. The molecule has 0 amide bonds. The van der Waals surface area contributed by atoms with Gasteiger partial charge in [-0.3, -0.25) is 0 Å². The summed E-state index contributed by atoms with van der Waals surface area (Å²) < 4.78 is 11.3. The van der Waals surface area contributed by atoms with Crippen molar-refractivity contribution in [2.45, 2.75) is 32.9 Å². The molecular weight excluding hydrogens is 310 g/mol. The molecule has 0 fully saturated rings. The van der Waals surface area contributed by atoms with Crippen molar-refractivity contribution >= 4 is 11.6 Å². The first-order valence-corrected chi connectivity index (χ1v) is 8.47. The van der Waals surface area contributed by atoms with Crippen LogP contribution in [-0.4, -0.2) is 13.7 Å². The SMILES string of the molecule is CCCC[NH2+]Cc1cc(OC)c(OCc2ccccc2)cc1Cl. The molecule has 0 aliphatic heterocycles. The van der Waals surface area contributed by atoms with Gasteiger partial charge in [0.25, 0.3) is 0 Å². The molecule has 0 aromatic heterocycles. The van der Waals surface area contributed by atoms with Crippen molar-refractivity contribution < 1.29 is 14.8 Å². The van der Waals surface area contributed by atoms with Crippen LogP contribution in [0.4, 0.5) is 0 Å². The maximum absolute atomic E-state index is 6.40. The lowest BCUT2D eigenvalue weighted by Crippen LogP contribution is -2.82. The Kier molecular flexibility index (Phi) is 7.24. The monoisotopic (exact) mass is 334 g/mol. The van der Waals surface area contributed by atoms with Crippen molar-refractivity contribution in [3.8, 4) is 11.5 Å². The van der Waals surface area contributed by atoms with Gasteiger partial charge in [0.05, 0.1) is 18.7 Å². The van der Waals surface area contributed by atoms with Gasteiger partial charge in [0, 0.05) is 11.6 Å². The fourth-order valence-corrected chi connectivity index (χ4v) is 2.58. The fraction of sp³-hybridized carbons (Fsp3) is 0.368. The van der Waals surface area contributed by atoms with Crippen molar-refractivity contribution in [2.24, 2.45) is 0 Å². The summed E-state index contributed by atoms with van der Waals surface area (Å²) in [7, 11) is 1.66. The van der Waals surface area contributed by atoms with Gasteiger partial charge in [-0.25, -0.2) is 0 Å². The molecule has 23 heavy (non-hydrogen) atoms. The largest absolute Gasteiger partial charge is 0.493 e. The van der Waals surface area contributed by atoms with Gasteiger partial charge in [-0.2, -0.15) is 0 Å². The predicted molar refractivity (Wildman–Crippen MR) is 94.2 cm³/mol. The van der Waals surface area contributed by atoms with Crippen molar-refractivity contribution in [1.82, 2.24) is 0 Å². The van der Waals surface area contributed by atoms with E-state index in [1.807, 2.05) is 42.5 Å². The summed E-state index contributed by atoms with van der Waals surface area (Å²) in [5.41, 5.74) is 2.19. The number of benzene rings is 2. The van der Waals surface area contributed by atoms with E-state index in [0.29, 0.717) is 12.4 Å². The third-order valence-electron chi connectivity index (χ3n) is 3.70. The van der Waals surface area contributed by atoms with Crippen LogP contribution < -0.4 is 14.8 Å². The second-order valence-electron chi connectivity index (χ2n) is 5.50. The van der Waals surface area contributed by atoms with E-state index >= 15 is 0 Å². The van der Waals surface area contributed by atoms with Crippen molar-refractivity contribution in [2.75, 3.05) is 13.7 Å². The number of ether oxygens (including phenoxy) is 2. The smallest absolute Gasteiger partial charge is 0.163 e. The number of hydrogen-bond acceptors (Lipinski definition) is 2. The van der Waals surface area contributed by atoms with Crippen LogP contribution in [0.1, 0.15) is 30.9 Å². The lowest BCUT2D eigenvalue weighted by atomic mass is 10.2. The maximum Gasteiger partial charge on any atom is 0.163 e. The molecule has 4 heteroatoms. The Morgan fingerprint density at radius 2 is 1.87 bits per heavy atom. The lowest BCUT2D eigenvalue weighted by Gasteiger charge is -2.13. The molecule has 3 nitrogen and oxygen atoms in total. The minimum Gasteiger partial charge on any atom is -0.493 e. The van der Waals surface area contributed by atoms with Gasteiger partial charge in [0.1, 0.15) is 13.2 Å². The summed E-state index contributed by atoms with van der Waals surface area (Å²) in [6.45, 7) is 4.66. The van der Waals surface area contributed by atoms with Crippen LogP contribution in [0.15, 0.2) is 42.5 Å². The molecule has 2 rings (SSSR count). The lowest BCUT2D eigenvalue weighted by molar-refractivity contribution is -0.670. The van der Waals surface area contributed by atoms with E-state index in [1.54, 1.807) is 7.11 Å². The highest BCUT2D eigenvalue weighted by molar-refractivity contribution is 6.31. The molecule has 124 valence electrons. The predicted octanol–water partition coefficient (Wildman–Crippen LogP) is 3.79. The third kappa shape index (κ3) is 5.45.